The highest BCUT2D eigenvalue weighted by Crippen LogP contribution is 2.32. The fourth-order valence-electron chi connectivity index (χ4n) is 2.63. The Balaban J connectivity index is 2.34. The van der Waals surface area contributed by atoms with Gasteiger partial charge in [0.15, 0.2) is 0 Å². The van der Waals surface area contributed by atoms with Crippen LogP contribution in [0, 0.1) is 0 Å². The van der Waals surface area contributed by atoms with E-state index in [1.54, 1.807) is 0 Å². The van der Waals surface area contributed by atoms with Gasteiger partial charge in [-0.15, -0.1) is 0 Å². The summed E-state index contributed by atoms with van der Waals surface area (Å²) in [7, 11) is 1.91. The molecule has 3 rings (SSSR count). The minimum absolute atomic E-state index is 0.180. The summed E-state index contributed by atoms with van der Waals surface area (Å²) in [4.78, 5) is 40.8. The van der Waals surface area contributed by atoms with Gasteiger partial charge in [-0.1, -0.05) is 0 Å². The maximum Gasteiger partial charge on any atom is 0.511 e. The predicted molar refractivity (Wildman–Crippen MR) is 73.9 cm³/mol. The Hall–Kier alpha value is -2.61. The van der Waals surface area contributed by atoms with Crippen LogP contribution >= 0.6 is 0 Å². The number of ether oxygens (including phenoxy) is 1. The van der Waals surface area contributed by atoms with Crippen LogP contribution in [0.25, 0.3) is 11.0 Å². The standard InChI is InChI=1S/C13H13N3O5/c1-16-3-2-6-7(5-16)9(21-13(19)20)4-8-10(6)15-12(18)11(17)14-8/h4H,2-3,5H2,1H3,(H,14,17)(H,15,18)(H,19,20). The largest absolute Gasteiger partial charge is 0.511 e. The van der Waals surface area contributed by atoms with Gasteiger partial charge in [0.1, 0.15) is 5.75 Å². The number of benzene rings is 1. The predicted octanol–water partition coefficient (Wildman–Crippen LogP) is 0.261. The first-order chi connectivity index (χ1) is 9.95. The molecule has 1 aromatic heterocycles. The van der Waals surface area contributed by atoms with Gasteiger partial charge >= 0.3 is 17.3 Å². The number of carbonyl (C=O) groups is 1. The van der Waals surface area contributed by atoms with Gasteiger partial charge < -0.3 is 24.7 Å². The second kappa shape index (κ2) is 4.74. The minimum atomic E-state index is -1.42. The molecule has 0 saturated heterocycles. The number of nitrogens with zero attached hydrogens (tertiary/aromatic N) is 1. The Morgan fingerprint density at radius 2 is 2.00 bits per heavy atom. The molecule has 0 aliphatic carbocycles. The van der Waals surface area contributed by atoms with Gasteiger partial charge in [-0.05, 0) is 19.0 Å². The van der Waals surface area contributed by atoms with Crippen molar-refractivity contribution in [2.45, 2.75) is 13.0 Å². The van der Waals surface area contributed by atoms with Gasteiger partial charge in [0.25, 0.3) is 0 Å². The van der Waals surface area contributed by atoms with Gasteiger partial charge in [0.2, 0.25) is 0 Å². The van der Waals surface area contributed by atoms with Gasteiger partial charge in [-0.2, -0.15) is 0 Å². The van der Waals surface area contributed by atoms with Crippen molar-refractivity contribution in [2.24, 2.45) is 0 Å². The molecule has 21 heavy (non-hydrogen) atoms. The molecular formula is C13H13N3O5. The van der Waals surface area contributed by atoms with E-state index >= 15 is 0 Å². The summed E-state index contributed by atoms with van der Waals surface area (Å²) in [6, 6.07) is 1.43. The number of H-pyrrole nitrogens is 2. The zero-order chi connectivity index (χ0) is 15.1. The van der Waals surface area contributed by atoms with E-state index in [0.717, 1.165) is 12.1 Å². The van der Waals surface area contributed by atoms with Gasteiger partial charge in [0.05, 0.1) is 11.0 Å². The van der Waals surface area contributed by atoms with Crippen LogP contribution in [0.1, 0.15) is 11.1 Å². The number of fused-ring (bicyclic) bond motifs is 3. The summed E-state index contributed by atoms with van der Waals surface area (Å²) in [6.07, 6.45) is -0.794. The molecule has 0 bridgehead atoms. The molecule has 0 spiro atoms. The van der Waals surface area contributed by atoms with Crippen LogP contribution in [-0.4, -0.2) is 39.7 Å². The molecule has 0 unspecified atom stereocenters. The second-order valence-corrected chi connectivity index (χ2v) is 5.02. The number of nitrogens with one attached hydrogen (secondary N) is 2. The van der Waals surface area contributed by atoms with E-state index in [2.05, 4.69) is 9.97 Å². The van der Waals surface area contributed by atoms with Crippen molar-refractivity contribution in [3.63, 3.8) is 0 Å². The lowest BCUT2D eigenvalue weighted by Gasteiger charge is -2.27. The van der Waals surface area contributed by atoms with E-state index in [0.29, 0.717) is 29.6 Å². The van der Waals surface area contributed by atoms with Crippen LogP contribution in [0.4, 0.5) is 4.79 Å². The Labute approximate surface area is 118 Å². The highest BCUT2D eigenvalue weighted by molar-refractivity contribution is 5.82. The highest BCUT2D eigenvalue weighted by atomic mass is 16.7. The third-order valence-corrected chi connectivity index (χ3v) is 3.57. The van der Waals surface area contributed by atoms with E-state index in [1.165, 1.54) is 6.07 Å². The van der Waals surface area contributed by atoms with E-state index in [4.69, 9.17) is 9.84 Å². The van der Waals surface area contributed by atoms with E-state index < -0.39 is 17.3 Å². The SMILES string of the molecule is CN1CCc2c(c(OC(=O)O)cc3[nH]c(=O)c(=O)[nH]c23)C1. The van der Waals surface area contributed by atoms with Crippen LogP contribution in [0.5, 0.6) is 5.75 Å². The fraction of sp³-hybridized carbons (Fsp3) is 0.308. The first kappa shape index (κ1) is 13.4. The van der Waals surface area contributed by atoms with Crippen LogP contribution in [0.15, 0.2) is 15.7 Å². The number of aromatic amines is 2. The van der Waals surface area contributed by atoms with Crippen LogP contribution < -0.4 is 15.9 Å². The Morgan fingerprint density at radius 1 is 1.29 bits per heavy atom. The number of hydrogen-bond donors (Lipinski definition) is 3. The summed E-state index contributed by atoms with van der Waals surface area (Å²) in [5.41, 5.74) is 0.892. The van der Waals surface area contributed by atoms with Crippen molar-refractivity contribution in [3.05, 3.63) is 37.9 Å². The first-order valence-electron chi connectivity index (χ1n) is 6.36. The monoisotopic (exact) mass is 291 g/mol. The lowest BCUT2D eigenvalue weighted by molar-refractivity contribution is 0.143. The zero-order valence-electron chi connectivity index (χ0n) is 11.2. The molecule has 3 N–H and O–H groups in total. The normalized spacial score (nSPS) is 14.9. The summed E-state index contributed by atoms with van der Waals surface area (Å²) >= 11 is 0. The van der Waals surface area contributed by atoms with Crippen molar-refractivity contribution in [1.29, 1.82) is 0 Å². The molecule has 2 heterocycles. The Kier molecular flexibility index (Phi) is 3.02. The summed E-state index contributed by atoms with van der Waals surface area (Å²) in [5, 5.41) is 8.84. The maximum absolute atomic E-state index is 11.5. The van der Waals surface area contributed by atoms with Crippen molar-refractivity contribution in [3.8, 4) is 5.75 Å². The highest BCUT2D eigenvalue weighted by Gasteiger charge is 2.23. The van der Waals surface area contributed by atoms with Gasteiger partial charge in [-0.25, -0.2) is 4.79 Å². The molecule has 1 aromatic carbocycles. The number of likely N-dealkylation sites (N-methyl/N-ethyl adjacent to an activating group) is 1. The lowest BCUT2D eigenvalue weighted by Crippen LogP contribution is -2.32. The molecule has 0 amide bonds. The molecule has 8 heteroatoms. The van der Waals surface area contributed by atoms with Gasteiger partial charge in [-0.3, -0.25) is 9.59 Å². The molecule has 110 valence electrons. The van der Waals surface area contributed by atoms with E-state index in [1.807, 2.05) is 11.9 Å². The fourth-order valence-corrected chi connectivity index (χ4v) is 2.63. The number of carboxylic acid groups (broad SMARTS) is 1. The molecule has 1 aliphatic rings. The molecule has 0 atom stereocenters. The number of hydrogen-bond acceptors (Lipinski definition) is 5. The molecule has 1 aliphatic heterocycles. The minimum Gasteiger partial charge on any atom is -0.449 e. The number of aromatic nitrogens is 2. The first-order valence-corrected chi connectivity index (χ1v) is 6.36. The van der Waals surface area contributed by atoms with Crippen molar-refractivity contribution in [1.82, 2.24) is 14.9 Å². The second-order valence-electron chi connectivity index (χ2n) is 5.02. The Morgan fingerprint density at radius 3 is 2.71 bits per heavy atom. The Bertz CT molecular complexity index is 851. The quantitative estimate of drug-likeness (QED) is 0.394. The average Bonchev–Trinajstić information content (AvgIpc) is 2.41. The number of rotatable bonds is 1. The molecule has 2 aromatic rings. The summed E-state index contributed by atoms with van der Waals surface area (Å²) in [6.45, 7) is 1.27. The van der Waals surface area contributed by atoms with Crippen LogP contribution in [-0.2, 0) is 13.0 Å². The molecule has 0 fully saturated rings. The van der Waals surface area contributed by atoms with Crippen molar-refractivity contribution < 1.29 is 14.6 Å². The summed E-state index contributed by atoms with van der Waals surface area (Å²) < 4.78 is 4.82. The average molecular weight is 291 g/mol. The van der Waals surface area contributed by atoms with Gasteiger partial charge in [0, 0.05) is 24.7 Å². The topological polar surface area (TPSA) is 115 Å². The smallest absolute Gasteiger partial charge is 0.449 e. The van der Waals surface area contributed by atoms with Crippen LogP contribution in [0.3, 0.4) is 0 Å². The van der Waals surface area contributed by atoms with Crippen molar-refractivity contribution in [2.75, 3.05) is 13.6 Å². The zero-order valence-corrected chi connectivity index (χ0v) is 11.2. The summed E-state index contributed by atoms with van der Waals surface area (Å²) in [5.74, 6) is 0.180. The third-order valence-electron chi connectivity index (χ3n) is 3.57. The van der Waals surface area contributed by atoms with E-state index in [9.17, 15) is 14.4 Å². The molecule has 8 nitrogen and oxygen atoms in total. The molecular weight excluding hydrogens is 278 g/mol. The molecule has 0 radical (unpaired) electrons. The maximum atomic E-state index is 11.5. The van der Waals surface area contributed by atoms with Crippen LogP contribution in [0.2, 0.25) is 0 Å². The third kappa shape index (κ3) is 2.29. The van der Waals surface area contributed by atoms with E-state index in [-0.39, 0.29) is 5.75 Å². The van der Waals surface area contributed by atoms with Crippen molar-refractivity contribution >= 4 is 17.2 Å². The molecule has 0 saturated carbocycles. The lowest BCUT2D eigenvalue weighted by atomic mass is 9.97.